The summed E-state index contributed by atoms with van der Waals surface area (Å²) in [5.41, 5.74) is 0.918. The lowest BCUT2D eigenvalue weighted by atomic mass is 10.2. The van der Waals surface area contributed by atoms with Crippen molar-refractivity contribution in [3.05, 3.63) is 39.6 Å². The number of aryl methyl sites for hydroxylation is 1. The first-order valence-corrected chi connectivity index (χ1v) is 5.39. The minimum Gasteiger partial charge on any atom is -0.334 e. The predicted octanol–water partition coefficient (Wildman–Crippen LogP) is 3.30. The maximum atomic E-state index is 6.01. The van der Waals surface area contributed by atoms with Crippen LogP contribution in [0.2, 0.25) is 10.0 Å². The molecule has 0 aliphatic rings. The second kappa shape index (κ2) is 4.72. The van der Waals surface area contributed by atoms with E-state index in [1.54, 1.807) is 19.1 Å². The molecule has 0 fully saturated rings. The number of aromatic nitrogens is 2. The van der Waals surface area contributed by atoms with Crippen LogP contribution in [0.15, 0.2) is 22.7 Å². The van der Waals surface area contributed by atoms with Gasteiger partial charge in [0.2, 0.25) is 0 Å². The summed E-state index contributed by atoms with van der Waals surface area (Å²) in [7, 11) is 0. The Morgan fingerprint density at radius 1 is 1.38 bits per heavy atom. The first-order chi connectivity index (χ1) is 7.65. The van der Waals surface area contributed by atoms with Gasteiger partial charge in [-0.1, -0.05) is 34.4 Å². The van der Waals surface area contributed by atoms with E-state index in [1.807, 2.05) is 6.07 Å². The van der Waals surface area contributed by atoms with Crippen LogP contribution in [-0.4, -0.2) is 10.1 Å². The highest BCUT2D eigenvalue weighted by molar-refractivity contribution is 6.35. The van der Waals surface area contributed by atoms with E-state index in [0.717, 1.165) is 5.56 Å². The number of nitrogens with zero attached hydrogens (tertiary/aromatic N) is 2. The zero-order chi connectivity index (χ0) is 11.5. The topological polar surface area (TPSA) is 51.0 Å². The molecule has 1 heterocycles. The average molecular weight is 258 g/mol. The van der Waals surface area contributed by atoms with Gasteiger partial charge in [-0.15, -0.1) is 0 Å². The minimum atomic E-state index is 0.378. The van der Waals surface area contributed by atoms with Crippen LogP contribution in [0.4, 0.5) is 6.01 Å². The average Bonchev–Trinajstić information content (AvgIpc) is 2.63. The molecular formula is C10H9Cl2N3O. The van der Waals surface area contributed by atoms with Crippen LogP contribution in [0.1, 0.15) is 11.4 Å². The van der Waals surface area contributed by atoms with E-state index in [0.29, 0.717) is 28.4 Å². The molecule has 2 aromatic rings. The summed E-state index contributed by atoms with van der Waals surface area (Å²) in [6.07, 6.45) is 0. The van der Waals surface area contributed by atoms with Gasteiger partial charge >= 0.3 is 6.01 Å². The Labute approximate surface area is 103 Å². The molecule has 16 heavy (non-hydrogen) atoms. The maximum absolute atomic E-state index is 6.01. The Bertz CT molecular complexity index is 499. The molecule has 6 heteroatoms. The van der Waals surface area contributed by atoms with E-state index in [-0.39, 0.29) is 0 Å². The van der Waals surface area contributed by atoms with Crippen LogP contribution < -0.4 is 5.32 Å². The molecule has 0 spiro atoms. The highest BCUT2D eigenvalue weighted by atomic mass is 35.5. The van der Waals surface area contributed by atoms with Gasteiger partial charge < -0.3 is 9.84 Å². The predicted molar refractivity (Wildman–Crippen MR) is 62.8 cm³/mol. The Morgan fingerprint density at radius 2 is 2.19 bits per heavy atom. The Kier molecular flexibility index (Phi) is 3.31. The summed E-state index contributed by atoms with van der Waals surface area (Å²) in [6.45, 7) is 2.27. The third-order valence-electron chi connectivity index (χ3n) is 1.97. The number of benzene rings is 1. The number of nitrogens with one attached hydrogen (secondary N) is 1. The van der Waals surface area contributed by atoms with Crippen LogP contribution >= 0.6 is 23.2 Å². The lowest BCUT2D eigenvalue weighted by Gasteiger charge is -2.04. The van der Waals surface area contributed by atoms with Gasteiger partial charge in [0.1, 0.15) is 0 Å². The van der Waals surface area contributed by atoms with Crippen LogP contribution in [0.25, 0.3) is 0 Å². The molecule has 2 rings (SSSR count). The van der Waals surface area contributed by atoms with E-state index in [9.17, 15) is 0 Å². The van der Waals surface area contributed by atoms with Gasteiger partial charge in [0.25, 0.3) is 0 Å². The van der Waals surface area contributed by atoms with E-state index in [1.165, 1.54) is 0 Å². The fourth-order valence-electron chi connectivity index (χ4n) is 1.20. The van der Waals surface area contributed by atoms with Crippen molar-refractivity contribution in [3.8, 4) is 0 Å². The molecule has 0 atom stereocenters. The molecule has 0 saturated heterocycles. The zero-order valence-corrected chi connectivity index (χ0v) is 10.0. The second-order valence-electron chi connectivity index (χ2n) is 3.24. The van der Waals surface area contributed by atoms with Crippen molar-refractivity contribution in [1.82, 2.24) is 10.1 Å². The van der Waals surface area contributed by atoms with Crippen molar-refractivity contribution in [2.24, 2.45) is 0 Å². The van der Waals surface area contributed by atoms with Crippen LogP contribution in [0, 0.1) is 6.92 Å². The molecule has 1 aromatic carbocycles. The molecule has 0 radical (unpaired) electrons. The molecule has 1 aromatic heterocycles. The highest BCUT2D eigenvalue weighted by Gasteiger charge is 2.04. The molecular weight excluding hydrogens is 249 g/mol. The lowest BCUT2D eigenvalue weighted by molar-refractivity contribution is 0.425. The van der Waals surface area contributed by atoms with Gasteiger partial charge in [-0.3, -0.25) is 0 Å². The standard InChI is InChI=1S/C10H9Cl2N3O/c1-6-14-10(16-15-6)13-5-7-2-3-8(11)4-9(7)12/h2-4H,5H2,1H3,(H,13,14,15). The number of halogens is 2. The van der Waals surface area contributed by atoms with Crippen LogP contribution in [0.3, 0.4) is 0 Å². The molecule has 84 valence electrons. The fraction of sp³-hybridized carbons (Fsp3) is 0.200. The second-order valence-corrected chi connectivity index (χ2v) is 4.08. The number of hydrogen-bond donors (Lipinski definition) is 1. The Hall–Kier alpha value is -1.26. The van der Waals surface area contributed by atoms with Gasteiger partial charge in [-0.25, -0.2) is 0 Å². The van der Waals surface area contributed by atoms with Gasteiger partial charge in [0.15, 0.2) is 5.82 Å². The summed E-state index contributed by atoms with van der Waals surface area (Å²) in [6, 6.07) is 5.70. The summed E-state index contributed by atoms with van der Waals surface area (Å²) in [5.74, 6) is 0.588. The molecule has 0 aliphatic heterocycles. The number of hydrogen-bond acceptors (Lipinski definition) is 4. The van der Waals surface area contributed by atoms with E-state index in [2.05, 4.69) is 15.5 Å². The monoisotopic (exact) mass is 257 g/mol. The van der Waals surface area contributed by atoms with E-state index < -0.39 is 0 Å². The van der Waals surface area contributed by atoms with Gasteiger partial charge in [-0.05, 0) is 24.6 Å². The lowest BCUT2D eigenvalue weighted by Crippen LogP contribution is -2.00. The van der Waals surface area contributed by atoms with Crippen molar-refractivity contribution >= 4 is 29.2 Å². The molecule has 1 N–H and O–H groups in total. The van der Waals surface area contributed by atoms with Gasteiger partial charge in [0, 0.05) is 16.6 Å². The minimum absolute atomic E-state index is 0.378. The van der Waals surface area contributed by atoms with Gasteiger partial charge in [0.05, 0.1) is 0 Å². The first kappa shape index (κ1) is 11.2. The highest BCUT2D eigenvalue weighted by Crippen LogP contribution is 2.21. The van der Waals surface area contributed by atoms with Crippen molar-refractivity contribution in [2.75, 3.05) is 5.32 Å². The summed E-state index contributed by atoms with van der Waals surface area (Å²) >= 11 is 11.8. The SMILES string of the molecule is Cc1noc(NCc2ccc(Cl)cc2Cl)n1. The molecule has 0 aliphatic carbocycles. The smallest absolute Gasteiger partial charge is 0.321 e. The quantitative estimate of drug-likeness (QED) is 0.917. The van der Waals surface area contributed by atoms with Crippen LogP contribution in [0.5, 0.6) is 0 Å². The number of anilines is 1. The molecule has 0 unspecified atom stereocenters. The fourth-order valence-corrected chi connectivity index (χ4v) is 1.68. The third kappa shape index (κ3) is 2.65. The summed E-state index contributed by atoms with van der Waals surface area (Å²) in [4.78, 5) is 4.01. The number of rotatable bonds is 3. The first-order valence-electron chi connectivity index (χ1n) is 4.63. The van der Waals surface area contributed by atoms with Gasteiger partial charge in [-0.2, -0.15) is 4.98 Å². The van der Waals surface area contributed by atoms with Crippen molar-refractivity contribution < 1.29 is 4.52 Å². The molecule has 0 bridgehead atoms. The zero-order valence-electron chi connectivity index (χ0n) is 8.50. The normalized spacial score (nSPS) is 10.4. The van der Waals surface area contributed by atoms with E-state index >= 15 is 0 Å². The third-order valence-corrected chi connectivity index (χ3v) is 2.56. The molecule has 0 amide bonds. The Balaban J connectivity index is 2.04. The van der Waals surface area contributed by atoms with Crippen LogP contribution in [-0.2, 0) is 6.54 Å². The van der Waals surface area contributed by atoms with E-state index in [4.69, 9.17) is 27.7 Å². The van der Waals surface area contributed by atoms with Crippen molar-refractivity contribution in [1.29, 1.82) is 0 Å². The van der Waals surface area contributed by atoms with Crippen molar-refractivity contribution in [3.63, 3.8) is 0 Å². The summed E-state index contributed by atoms with van der Waals surface area (Å²) in [5, 5.41) is 7.86. The molecule has 0 saturated carbocycles. The summed E-state index contributed by atoms with van der Waals surface area (Å²) < 4.78 is 4.91. The van der Waals surface area contributed by atoms with Crippen molar-refractivity contribution in [2.45, 2.75) is 13.5 Å². The molecule has 4 nitrogen and oxygen atoms in total. The maximum Gasteiger partial charge on any atom is 0.321 e. The Morgan fingerprint density at radius 3 is 2.81 bits per heavy atom. The largest absolute Gasteiger partial charge is 0.334 e.